The van der Waals surface area contributed by atoms with Crippen LogP contribution in [0.2, 0.25) is 0 Å². The number of hydrogen-bond donors (Lipinski definition) is 4. The van der Waals surface area contributed by atoms with Gasteiger partial charge in [0, 0.05) is 5.54 Å². The summed E-state index contributed by atoms with van der Waals surface area (Å²) in [4.78, 5) is 21.4. The van der Waals surface area contributed by atoms with Crippen molar-refractivity contribution >= 4 is 12.0 Å². The lowest BCUT2D eigenvalue weighted by Crippen LogP contribution is -2.50. The molecule has 0 saturated carbocycles. The van der Waals surface area contributed by atoms with Crippen LogP contribution in [0.25, 0.3) is 0 Å². The number of hydrogen-bond acceptors (Lipinski definition) is 3. The third-order valence-electron chi connectivity index (χ3n) is 2.08. The fourth-order valence-corrected chi connectivity index (χ4v) is 0.717. The largest absolute Gasteiger partial charge is 0.479 e. The van der Waals surface area contributed by atoms with Crippen molar-refractivity contribution in [1.82, 2.24) is 10.6 Å². The predicted molar refractivity (Wildman–Crippen MR) is 54.5 cm³/mol. The molecule has 15 heavy (non-hydrogen) atoms. The van der Waals surface area contributed by atoms with Gasteiger partial charge in [0.05, 0.1) is 6.54 Å². The summed E-state index contributed by atoms with van der Waals surface area (Å²) in [6.07, 6.45) is -0.817. The number of carboxylic acid groups (broad SMARTS) is 1. The van der Waals surface area contributed by atoms with Gasteiger partial charge < -0.3 is 20.8 Å². The molecule has 0 radical (unpaired) electrons. The highest BCUT2D eigenvalue weighted by molar-refractivity contribution is 5.77. The number of rotatable bonds is 5. The van der Waals surface area contributed by atoms with Crippen molar-refractivity contribution in [3.8, 4) is 0 Å². The molecule has 0 unspecified atom stereocenters. The molecule has 0 aromatic rings. The van der Waals surface area contributed by atoms with E-state index in [1.54, 1.807) is 0 Å². The highest BCUT2D eigenvalue weighted by atomic mass is 16.4. The number of carbonyl (C=O) groups is 2. The van der Waals surface area contributed by atoms with Crippen molar-refractivity contribution in [3.63, 3.8) is 0 Å². The first-order valence-corrected chi connectivity index (χ1v) is 4.75. The van der Waals surface area contributed by atoms with Crippen LogP contribution in [0, 0.1) is 0 Å². The zero-order valence-corrected chi connectivity index (χ0v) is 9.20. The van der Waals surface area contributed by atoms with E-state index in [-0.39, 0.29) is 12.1 Å². The van der Waals surface area contributed by atoms with E-state index >= 15 is 0 Å². The van der Waals surface area contributed by atoms with Gasteiger partial charge in [-0.1, -0.05) is 6.92 Å². The number of aliphatic hydroxyl groups excluding tert-OH is 1. The van der Waals surface area contributed by atoms with Crippen molar-refractivity contribution in [3.05, 3.63) is 0 Å². The molecule has 0 aliphatic carbocycles. The van der Waals surface area contributed by atoms with Crippen LogP contribution in [-0.4, -0.2) is 40.4 Å². The van der Waals surface area contributed by atoms with Gasteiger partial charge in [0.1, 0.15) is 0 Å². The number of carbonyl (C=O) groups excluding carboxylic acids is 1. The van der Waals surface area contributed by atoms with Crippen LogP contribution in [-0.2, 0) is 4.79 Å². The van der Waals surface area contributed by atoms with Gasteiger partial charge in [-0.2, -0.15) is 0 Å². The van der Waals surface area contributed by atoms with Crippen molar-refractivity contribution < 1.29 is 19.8 Å². The number of carboxylic acids is 1. The lowest BCUT2D eigenvalue weighted by molar-refractivity contribution is -0.146. The SMILES string of the molecule is CCC(C)(C)NC(=O)NC[C@H](O)C(=O)O. The Morgan fingerprint density at radius 3 is 2.33 bits per heavy atom. The summed E-state index contributed by atoms with van der Waals surface area (Å²) in [6.45, 7) is 5.31. The van der Waals surface area contributed by atoms with E-state index in [0.717, 1.165) is 6.42 Å². The molecule has 4 N–H and O–H groups in total. The average molecular weight is 218 g/mol. The number of nitrogens with one attached hydrogen (secondary N) is 2. The maximum atomic E-state index is 11.2. The molecule has 0 spiro atoms. The summed E-state index contributed by atoms with van der Waals surface area (Å²) >= 11 is 0. The van der Waals surface area contributed by atoms with Crippen molar-refractivity contribution in [1.29, 1.82) is 0 Å². The first-order valence-electron chi connectivity index (χ1n) is 4.75. The van der Waals surface area contributed by atoms with Gasteiger partial charge in [0.15, 0.2) is 6.10 Å². The van der Waals surface area contributed by atoms with Gasteiger partial charge in [-0.25, -0.2) is 9.59 Å². The third kappa shape index (κ3) is 5.90. The van der Waals surface area contributed by atoms with Crippen molar-refractivity contribution in [2.45, 2.75) is 38.8 Å². The molecular weight excluding hydrogens is 200 g/mol. The minimum atomic E-state index is -1.57. The third-order valence-corrected chi connectivity index (χ3v) is 2.08. The van der Waals surface area contributed by atoms with E-state index < -0.39 is 18.1 Å². The van der Waals surface area contributed by atoms with E-state index in [0.29, 0.717) is 0 Å². The fraction of sp³-hybridized carbons (Fsp3) is 0.778. The van der Waals surface area contributed by atoms with Crippen LogP contribution in [0.3, 0.4) is 0 Å². The Hall–Kier alpha value is -1.30. The summed E-state index contributed by atoms with van der Waals surface area (Å²) in [6, 6.07) is -0.484. The average Bonchev–Trinajstić information content (AvgIpc) is 2.13. The maximum Gasteiger partial charge on any atom is 0.334 e. The van der Waals surface area contributed by atoms with Crippen LogP contribution < -0.4 is 10.6 Å². The van der Waals surface area contributed by atoms with Crippen LogP contribution in [0.1, 0.15) is 27.2 Å². The number of amides is 2. The molecule has 88 valence electrons. The highest BCUT2D eigenvalue weighted by Crippen LogP contribution is 2.05. The zero-order valence-electron chi connectivity index (χ0n) is 9.20. The van der Waals surface area contributed by atoms with Crippen molar-refractivity contribution in [2.75, 3.05) is 6.54 Å². The smallest absolute Gasteiger partial charge is 0.334 e. The van der Waals surface area contributed by atoms with Crippen LogP contribution in [0.5, 0.6) is 0 Å². The first-order chi connectivity index (χ1) is 6.78. The molecule has 1 atom stereocenters. The van der Waals surface area contributed by atoms with Gasteiger partial charge in [0.25, 0.3) is 0 Å². The molecule has 0 bridgehead atoms. The summed E-state index contributed by atoms with van der Waals surface area (Å²) in [5.74, 6) is -1.36. The summed E-state index contributed by atoms with van der Waals surface area (Å²) in [7, 11) is 0. The van der Waals surface area contributed by atoms with Gasteiger partial charge >= 0.3 is 12.0 Å². The van der Waals surface area contributed by atoms with E-state index in [2.05, 4.69) is 10.6 Å². The highest BCUT2D eigenvalue weighted by Gasteiger charge is 2.19. The molecule has 0 aromatic carbocycles. The zero-order chi connectivity index (χ0) is 12.1. The number of aliphatic carboxylic acids is 1. The second-order valence-electron chi connectivity index (χ2n) is 3.93. The lowest BCUT2D eigenvalue weighted by Gasteiger charge is -2.24. The molecule has 0 aliphatic rings. The molecule has 2 amide bonds. The Balaban J connectivity index is 3.91. The standard InChI is InChI=1S/C9H18N2O4/c1-4-9(2,3)11-8(15)10-5-6(12)7(13)14/h6,12H,4-5H2,1-3H3,(H,13,14)(H2,10,11,15)/t6-/m0/s1. The minimum Gasteiger partial charge on any atom is -0.479 e. The number of urea groups is 1. The molecule has 6 heteroatoms. The lowest BCUT2D eigenvalue weighted by atomic mass is 10.0. The van der Waals surface area contributed by atoms with Crippen molar-refractivity contribution in [2.24, 2.45) is 0 Å². The summed E-state index contributed by atoms with van der Waals surface area (Å²) in [5.41, 5.74) is -0.349. The second kappa shape index (κ2) is 5.55. The Morgan fingerprint density at radius 2 is 1.93 bits per heavy atom. The Kier molecular flexibility index (Phi) is 5.07. The molecule has 6 nitrogen and oxygen atoms in total. The maximum absolute atomic E-state index is 11.2. The first kappa shape index (κ1) is 13.7. The molecule has 0 aromatic heterocycles. The Labute approximate surface area is 88.7 Å². The van der Waals surface area contributed by atoms with E-state index in [1.807, 2.05) is 20.8 Å². The van der Waals surface area contributed by atoms with Crippen LogP contribution >= 0.6 is 0 Å². The molecular formula is C9H18N2O4. The molecule has 0 fully saturated rings. The fourth-order valence-electron chi connectivity index (χ4n) is 0.717. The van der Waals surface area contributed by atoms with Gasteiger partial charge in [-0.3, -0.25) is 0 Å². The Bertz CT molecular complexity index is 240. The predicted octanol–water partition coefficient (Wildman–Crippen LogP) is -0.0803. The Morgan fingerprint density at radius 1 is 1.40 bits per heavy atom. The molecule has 0 heterocycles. The van der Waals surface area contributed by atoms with E-state index in [9.17, 15) is 9.59 Å². The molecule has 0 rings (SSSR count). The van der Waals surface area contributed by atoms with E-state index in [1.165, 1.54) is 0 Å². The molecule has 0 aliphatic heterocycles. The van der Waals surface area contributed by atoms with Gasteiger partial charge in [-0.15, -0.1) is 0 Å². The van der Waals surface area contributed by atoms with E-state index in [4.69, 9.17) is 10.2 Å². The second-order valence-corrected chi connectivity index (χ2v) is 3.93. The summed E-state index contributed by atoms with van der Waals surface area (Å²) < 4.78 is 0. The quantitative estimate of drug-likeness (QED) is 0.518. The topological polar surface area (TPSA) is 98.7 Å². The molecule has 0 saturated heterocycles. The normalized spacial score (nSPS) is 13.1. The van der Waals surface area contributed by atoms with Gasteiger partial charge in [-0.05, 0) is 20.3 Å². The minimum absolute atomic E-state index is 0.305. The van der Waals surface area contributed by atoms with Gasteiger partial charge in [0.2, 0.25) is 0 Å². The number of aliphatic hydroxyl groups is 1. The van der Waals surface area contributed by atoms with Crippen LogP contribution in [0.15, 0.2) is 0 Å². The summed E-state index contributed by atoms with van der Waals surface area (Å²) in [5, 5.41) is 22.2. The van der Waals surface area contributed by atoms with Crippen LogP contribution in [0.4, 0.5) is 4.79 Å². The monoisotopic (exact) mass is 218 g/mol.